The Kier molecular flexibility index (Phi) is 3.65. The molecular weight excluding hydrogens is 296 g/mol. The first-order valence-corrected chi connectivity index (χ1v) is 8.33. The molecule has 0 saturated carbocycles. The molecule has 0 radical (unpaired) electrons. The molecule has 0 aliphatic carbocycles. The van der Waals surface area contributed by atoms with Gasteiger partial charge in [0.25, 0.3) is 0 Å². The zero-order valence-corrected chi connectivity index (χ0v) is 13.3. The fourth-order valence-electron chi connectivity index (χ4n) is 2.96. The Morgan fingerprint density at radius 2 is 2.41 bits per heavy atom. The minimum Gasteiger partial charge on any atom is -0.371 e. The van der Waals surface area contributed by atoms with Crippen molar-refractivity contribution < 1.29 is 4.74 Å². The number of benzene rings is 1. The average Bonchev–Trinajstić information content (AvgIpc) is 3.14. The fraction of sp³-hybridized carbons (Fsp3) is 0.375. The fourth-order valence-corrected chi connectivity index (χ4v) is 3.55. The van der Waals surface area contributed by atoms with Crippen LogP contribution in [0.2, 0.25) is 0 Å². The molecule has 2 aromatic heterocycles. The van der Waals surface area contributed by atoms with E-state index in [1.54, 1.807) is 11.3 Å². The van der Waals surface area contributed by atoms with E-state index in [1.165, 1.54) is 11.1 Å². The average molecular weight is 314 g/mol. The number of aromatic nitrogens is 3. The highest BCUT2D eigenvalue weighted by atomic mass is 32.1. The van der Waals surface area contributed by atoms with Gasteiger partial charge in [0.1, 0.15) is 17.4 Å². The summed E-state index contributed by atoms with van der Waals surface area (Å²) < 4.78 is 8.05. The van der Waals surface area contributed by atoms with Crippen LogP contribution in [0.3, 0.4) is 0 Å². The Balaban J connectivity index is 1.58. The van der Waals surface area contributed by atoms with Crippen molar-refractivity contribution in [1.82, 2.24) is 19.9 Å². The van der Waals surface area contributed by atoms with Crippen molar-refractivity contribution in [3.05, 3.63) is 46.2 Å². The number of aryl methyl sites for hydroxylation is 1. The number of thiazole rings is 1. The van der Waals surface area contributed by atoms with E-state index in [4.69, 9.17) is 9.72 Å². The number of nitrogens with one attached hydrogen (secondary N) is 1. The largest absolute Gasteiger partial charge is 0.371 e. The second-order valence-corrected chi connectivity index (χ2v) is 6.60. The molecule has 22 heavy (non-hydrogen) atoms. The SMILES string of the molecule is Cc1ccc2nc3n(c2c1)[C@@H](CNCc1nccs1)COC3. The van der Waals surface area contributed by atoms with E-state index in [9.17, 15) is 0 Å². The molecule has 0 amide bonds. The second kappa shape index (κ2) is 5.79. The third-order valence-electron chi connectivity index (χ3n) is 3.96. The third kappa shape index (κ3) is 2.54. The lowest BCUT2D eigenvalue weighted by atomic mass is 10.2. The third-order valence-corrected chi connectivity index (χ3v) is 4.74. The van der Waals surface area contributed by atoms with Crippen molar-refractivity contribution in [3.8, 4) is 0 Å². The van der Waals surface area contributed by atoms with Gasteiger partial charge in [-0.3, -0.25) is 0 Å². The van der Waals surface area contributed by atoms with Gasteiger partial charge in [0.05, 0.1) is 23.7 Å². The highest BCUT2D eigenvalue weighted by Crippen LogP contribution is 2.26. The van der Waals surface area contributed by atoms with E-state index in [2.05, 4.69) is 40.0 Å². The molecule has 1 N–H and O–H groups in total. The normalized spacial score (nSPS) is 17.8. The van der Waals surface area contributed by atoms with Gasteiger partial charge in [-0.15, -0.1) is 11.3 Å². The lowest BCUT2D eigenvalue weighted by Crippen LogP contribution is -2.32. The summed E-state index contributed by atoms with van der Waals surface area (Å²) in [5.41, 5.74) is 3.52. The van der Waals surface area contributed by atoms with Gasteiger partial charge >= 0.3 is 0 Å². The number of hydrogen-bond donors (Lipinski definition) is 1. The number of ether oxygens (including phenoxy) is 1. The minimum atomic E-state index is 0.274. The summed E-state index contributed by atoms with van der Waals surface area (Å²) in [5.74, 6) is 1.02. The Morgan fingerprint density at radius 1 is 1.45 bits per heavy atom. The van der Waals surface area contributed by atoms with Crippen LogP contribution in [0.1, 0.15) is 22.4 Å². The van der Waals surface area contributed by atoms with Gasteiger partial charge in [-0.2, -0.15) is 0 Å². The summed E-state index contributed by atoms with van der Waals surface area (Å²) in [5, 5.41) is 6.61. The standard InChI is InChI=1S/C16H18N4OS/c1-11-2-3-13-14(6-11)20-12(9-21-10-15(20)19-13)7-17-8-16-18-4-5-22-16/h2-6,12,17H,7-10H2,1H3/t12-/m0/s1. The molecule has 114 valence electrons. The van der Waals surface area contributed by atoms with Crippen LogP contribution >= 0.6 is 11.3 Å². The first-order valence-electron chi connectivity index (χ1n) is 7.45. The lowest BCUT2D eigenvalue weighted by Gasteiger charge is -2.26. The van der Waals surface area contributed by atoms with Crippen LogP contribution in [0.4, 0.5) is 0 Å². The van der Waals surface area contributed by atoms with E-state index >= 15 is 0 Å². The quantitative estimate of drug-likeness (QED) is 0.804. The second-order valence-electron chi connectivity index (χ2n) is 5.62. The molecule has 1 aromatic carbocycles. The van der Waals surface area contributed by atoms with E-state index in [-0.39, 0.29) is 6.04 Å². The molecule has 0 saturated heterocycles. The number of fused-ring (bicyclic) bond motifs is 3. The molecule has 0 fully saturated rings. The van der Waals surface area contributed by atoms with Crippen molar-refractivity contribution in [1.29, 1.82) is 0 Å². The van der Waals surface area contributed by atoms with Crippen LogP contribution in [-0.2, 0) is 17.9 Å². The molecule has 1 aliphatic heterocycles. The Hall–Kier alpha value is -1.76. The molecule has 1 aliphatic rings. The molecular formula is C16H18N4OS. The van der Waals surface area contributed by atoms with Crippen LogP contribution in [0.5, 0.6) is 0 Å². The Morgan fingerprint density at radius 3 is 3.27 bits per heavy atom. The summed E-state index contributed by atoms with van der Waals surface area (Å²) in [6, 6.07) is 6.69. The van der Waals surface area contributed by atoms with Gasteiger partial charge in [-0.25, -0.2) is 9.97 Å². The van der Waals surface area contributed by atoms with Crippen LogP contribution in [0.15, 0.2) is 29.8 Å². The van der Waals surface area contributed by atoms with Crippen molar-refractivity contribution in [2.75, 3.05) is 13.2 Å². The van der Waals surface area contributed by atoms with Gasteiger partial charge in [0, 0.05) is 24.7 Å². The van der Waals surface area contributed by atoms with Crippen molar-refractivity contribution in [2.45, 2.75) is 26.1 Å². The van der Waals surface area contributed by atoms with Crippen LogP contribution < -0.4 is 5.32 Å². The predicted molar refractivity (Wildman–Crippen MR) is 87.0 cm³/mol. The van der Waals surface area contributed by atoms with Gasteiger partial charge in [0.2, 0.25) is 0 Å². The zero-order valence-electron chi connectivity index (χ0n) is 12.5. The number of hydrogen-bond acceptors (Lipinski definition) is 5. The molecule has 3 aromatic rings. The zero-order chi connectivity index (χ0) is 14.9. The predicted octanol–water partition coefficient (Wildman–Crippen LogP) is 2.66. The van der Waals surface area contributed by atoms with Crippen LogP contribution in [-0.4, -0.2) is 27.7 Å². The van der Waals surface area contributed by atoms with E-state index in [0.717, 1.165) is 36.0 Å². The van der Waals surface area contributed by atoms with Crippen molar-refractivity contribution in [3.63, 3.8) is 0 Å². The van der Waals surface area contributed by atoms with E-state index < -0.39 is 0 Å². The van der Waals surface area contributed by atoms with Gasteiger partial charge in [0.15, 0.2) is 0 Å². The summed E-state index contributed by atoms with van der Waals surface area (Å²) in [6.45, 7) is 5.09. The number of imidazole rings is 1. The maximum absolute atomic E-state index is 5.72. The summed E-state index contributed by atoms with van der Waals surface area (Å²) in [4.78, 5) is 9.00. The van der Waals surface area contributed by atoms with Gasteiger partial charge < -0.3 is 14.6 Å². The summed E-state index contributed by atoms with van der Waals surface area (Å²) >= 11 is 1.68. The molecule has 4 rings (SSSR count). The maximum atomic E-state index is 5.72. The highest BCUT2D eigenvalue weighted by molar-refractivity contribution is 7.09. The smallest absolute Gasteiger partial charge is 0.136 e. The monoisotopic (exact) mass is 314 g/mol. The van der Waals surface area contributed by atoms with E-state index in [1.807, 2.05) is 11.6 Å². The first-order chi connectivity index (χ1) is 10.8. The summed E-state index contributed by atoms with van der Waals surface area (Å²) in [7, 11) is 0. The molecule has 3 heterocycles. The number of nitrogens with zero attached hydrogens (tertiary/aromatic N) is 3. The van der Waals surface area contributed by atoms with E-state index in [0.29, 0.717) is 6.61 Å². The molecule has 5 nitrogen and oxygen atoms in total. The van der Waals surface area contributed by atoms with Crippen molar-refractivity contribution >= 4 is 22.4 Å². The molecule has 0 spiro atoms. The Bertz CT molecular complexity index is 781. The van der Waals surface area contributed by atoms with Crippen LogP contribution in [0.25, 0.3) is 11.0 Å². The topological polar surface area (TPSA) is 52.0 Å². The molecule has 1 atom stereocenters. The van der Waals surface area contributed by atoms with Gasteiger partial charge in [-0.1, -0.05) is 6.07 Å². The highest BCUT2D eigenvalue weighted by Gasteiger charge is 2.23. The Labute approximate surface area is 133 Å². The lowest BCUT2D eigenvalue weighted by molar-refractivity contribution is 0.0564. The molecule has 0 bridgehead atoms. The maximum Gasteiger partial charge on any atom is 0.136 e. The molecule has 6 heteroatoms. The van der Waals surface area contributed by atoms with Gasteiger partial charge in [-0.05, 0) is 24.6 Å². The van der Waals surface area contributed by atoms with Crippen molar-refractivity contribution in [2.24, 2.45) is 0 Å². The van der Waals surface area contributed by atoms with Crippen LogP contribution in [0, 0.1) is 6.92 Å². The molecule has 0 unspecified atom stereocenters. The summed E-state index contributed by atoms with van der Waals surface area (Å²) in [6.07, 6.45) is 1.84. The minimum absolute atomic E-state index is 0.274. The number of rotatable bonds is 4. The first kappa shape index (κ1) is 13.9.